The molecule has 1 saturated heterocycles. The van der Waals surface area contributed by atoms with Crippen LogP contribution < -0.4 is 16.2 Å². The molecule has 0 radical (unpaired) electrons. The van der Waals surface area contributed by atoms with E-state index in [1.54, 1.807) is 56.1 Å². The Bertz CT molecular complexity index is 1750. The first-order chi connectivity index (χ1) is 21.8. The van der Waals surface area contributed by atoms with Crippen molar-refractivity contribution in [3.63, 3.8) is 0 Å². The molecule has 2 N–H and O–H groups in total. The van der Waals surface area contributed by atoms with Gasteiger partial charge in [0.1, 0.15) is 11.5 Å². The quantitative estimate of drug-likeness (QED) is 0.242. The van der Waals surface area contributed by atoms with Crippen LogP contribution in [0.3, 0.4) is 0 Å². The zero-order valence-corrected chi connectivity index (χ0v) is 26.8. The predicted molar refractivity (Wildman–Crippen MR) is 179 cm³/mol. The van der Waals surface area contributed by atoms with Gasteiger partial charge in [-0.1, -0.05) is 12.1 Å². The van der Waals surface area contributed by atoms with Crippen LogP contribution in [0.25, 0.3) is 11.1 Å². The van der Waals surface area contributed by atoms with Gasteiger partial charge >= 0.3 is 0 Å². The van der Waals surface area contributed by atoms with E-state index in [1.165, 1.54) is 27.8 Å². The van der Waals surface area contributed by atoms with Crippen LogP contribution in [0, 0.1) is 12.8 Å². The highest BCUT2D eigenvalue weighted by Gasteiger charge is 2.24. The molecule has 0 atom stereocenters. The topological polar surface area (TPSA) is 106 Å². The van der Waals surface area contributed by atoms with E-state index >= 15 is 0 Å². The number of rotatable bonds is 8. The standard InChI is InChI=1S/C35H39N5O4S/c1-22-27(8-6-9-28(22)38-33(41)31-18-24-7-4-5-10-30(24)45-31)26-17-29(35(43)39(2)20-26)37-32-12-11-25(19-36-32)34(42)40-15-13-23(14-16-40)21-44-3/h6,8-9,11-12,17-20,23H,4-5,7,10,13-16,21H2,1-3H3,(H,36,37)(H,38,41). The Labute approximate surface area is 267 Å². The number of aromatic nitrogens is 2. The van der Waals surface area contributed by atoms with E-state index in [0.717, 1.165) is 59.5 Å². The van der Waals surface area contributed by atoms with Crippen molar-refractivity contribution in [3.05, 3.63) is 91.7 Å². The van der Waals surface area contributed by atoms with Crippen LogP contribution in [0.15, 0.2) is 59.7 Å². The molecule has 4 aromatic rings. The van der Waals surface area contributed by atoms with Crippen LogP contribution in [0.2, 0.25) is 0 Å². The molecule has 0 saturated carbocycles. The number of hydrogen-bond acceptors (Lipinski definition) is 7. The van der Waals surface area contributed by atoms with Crippen molar-refractivity contribution < 1.29 is 14.3 Å². The molecule has 1 aliphatic heterocycles. The summed E-state index contributed by atoms with van der Waals surface area (Å²) < 4.78 is 6.80. The Morgan fingerprint density at radius 2 is 1.87 bits per heavy atom. The first-order valence-electron chi connectivity index (χ1n) is 15.6. The summed E-state index contributed by atoms with van der Waals surface area (Å²) in [5.41, 5.74) is 5.35. The van der Waals surface area contributed by atoms with E-state index in [0.29, 0.717) is 36.1 Å². The molecule has 1 fully saturated rings. The number of carbonyl (C=O) groups excluding carboxylic acids is 2. The van der Waals surface area contributed by atoms with Crippen molar-refractivity contribution >= 4 is 40.3 Å². The van der Waals surface area contributed by atoms with Crippen LogP contribution in [-0.2, 0) is 24.6 Å². The molecule has 1 aromatic carbocycles. The van der Waals surface area contributed by atoms with Crippen molar-refractivity contribution in [3.8, 4) is 11.1 Å². The maximum atomic E-state index is 13.2. The molecule has 9 nitrogen and oxygen atoms in total. The predicted octanol–water partition coefficient (Wildman–Crippen LogP) is 6.19. The number of fused-ring (bicyclic) bond motifs is 1. The number of likely N-dealkylation sites (tertiary alicyclic amines) is 1. The molecule has 234 valence electrons. The van der Waals surface area contributed by atoms with Crippen molar-refractivity contribution in [1.29, 1.82) is 0 Å². The number of pyridine rings is 2. The largest absolute Gasteiger partial charge is 0.384 e. The highest BCUT2D eigenvalue weighted by molar-refractivity contribution is 7.14. The van der Waals surface area contributed by atoms with E-state index in [4.69, 9.17) is 4.74 Å². The van der Waals surface area contributed by atoms with E-state index < -0.39 is 0 Å². The molecule has 6 rings (SSSR count). The fourth-order valence-electron chi connectivity index (χ4n) is 6.27. The lowest BCUT2D eigenvalue weighted by Crippen LogP contribution is -2.39. The van der Waals surface area contributed by atoms with Crippen LogP contribution in [0.5, 0.6) is 0 Å². The van der Waals surface area contributed by atoms with Gasteiger partial charge in [0.05, 0.1) is 10.4 Å². The zero-order chi connectivity index (χ0) is 31.5. The Kier molecular flexibility index (Phi) is 9.14. The molecular formula is C35H39N5O4S. The van der Waals surface area contributed by atoms with Gasteiger partial charge in [-0.05, 0) is 98.4 Å². The summed E-state index contributed by atoms with van der Waals surface area (Å²) in [6.07, 6.45) is 9.66. The Hall–Kier alpha value is -4.28. The lowest BCUT2D eigenvalue weighted by atomic mass is 9.97. The normalized spacial score (nSPS) is 15.0. The minimum Gasteiger partial charge on any atom is -0.384 e. The third kappa shape index (κ3) is 6.72. The summed E-state index contributed by atoms with van der Waals surface area (Å²) in [6, 6.07) is 13.1. The number of carbonyl (C=O) groups is 2. The number of amides is 2. The SMILES string of the molecule is COCC1CCN(C(=O)c2ccc(Nc3cc(-c4cccc(NC(=O)c5cc6c(s5)CCCC6)c4C)cn(C)c3=O)nc2)CC1. The van der Waals surface area contributed by atoms with Gasteiger partial charge in [-0.25, -0.2) is 4.98 Å². The van der Waals surface area contributed by atoms with Crippen LogP contribution in [0.1, 0.15) is 61.7 Å². The van der Waals surface area contributed by atoms with E-state index in [9.17, 15) is 14.4 Å². The summed E-state index contributed by atoms with van der Waals surface area (Å²) in [7, 11) is 3.42. The summed E-state index contributed by atoms with van der Waals surface area (Å²) in [5, 5.41) is 6.26. The minimum atomic E-state index is -0.205. The molecule has 4 heterocycles. The molecule has 1 aliphatic carbocycles. The molecule has 0 bridgehead atoms. The number of ether oxygens (including phenoxy) is 1. The van der Waals surface area contributed by atoms with Crippen LogP contribution >= 0.6 is 11.3 Å². The molecule has 10 heteroatoms. The lowest BCUT2D eigenvalue weighted by Gasteiger charge is -2.31. The van der Waals surface area contributed by atoms with Crippen LogP contribution in [0.4, 0.5) is 17.2 Å². The number of methoxy groups -OCH3 is 1. The highest BCUT2D eigenvalue weighted by Crippen LogP contribution is 2.33. The third-order valence-corrected chi connectivity index (χ3v) is 10.1. The van der Waals surface area contributed by atoms with Gasteiger partial charge in [0.25, 0.3) is 17.4 Å². The maximum Gasteiger partial charge on any atom is 0.274 e. The second kappa shape index (κ2) is 13.4. The number of benzene rings is 1. The van der Waals surface area contributed by atoms with Crippen molar-refractivity contribution in [2.45, 2.75) is 45.4 Å². The second-order valence-corrected chi connectivity index (χ2v) is 13.1. The van der Waals surface area contributed by atoms with Gasteiger partial charge < -0.3 is 24.8 Å². The Morgan fingerprint density at radius 3 is 2.60 bits per heavy atom. The minimum absolute atomic E-state index is 0.0380. The fourth-order valence-corrected chi connectivity index (χ4v) is 7.42. The number of hydrogen-bond donors (Lipinski definition) is 2. The van der Waals surface area contributed by atoms with Gasteiger partial charge in [-0.2, -0.15) is 0 Å². The molecule has 2 amide bonds. The molecule has 45 heavy (non-hydrogen) atoms. The fraction of sp³-hybridized carbons (Fsp3) is 0.371. The number of aryl methyl sites for hydroxylation is 3. The summed E-state index contributed by atoms with van der Waals surface area (Å²) in [5.74, 6) is 0.824. The monoisotopic (exact) mass is 625 g/mol. The summed E-state index contributed by atoms with van der Waals surface area (Å²) >= 11 is 1.60. The van der Waals surface area contributed by atoms with Gasteiger partial charge in [0, 0.05) is 62.4 Å². The Morgan fingerprint density at radius 1 is 1.07 bits per heavy atom. The van der Waals surface area contributed by atoms with E-state index in [2.05, 4.69) is 15.6 Å². The summed E-state index contributed by atoms with van der Waals surface area (Å²) in [4.78, 5) is 47.7. The van der Waals surface area contributed by atoms with Gasteiger partial charge in [-0.3, -0.25) is 14.4 Å². The smallest absolute Gasteiger partial charge is 0.274 e. The lowest BCUT2D eigenvalue weighted by molar-refractivity contribution is 0.0613. The third-order valence-electron chi connectivity index (χ3n) is 8.87. The number of nitrogens with zero attached hydrogens (tertiary/aromatic N) is 3. The Balaban J connectivity index is 1.17. The number of nitrogens with one attached hydrogen (secondary N) is 2. The van der Waals surface area contributed by atoms with Crippen molar-refractivity contribution in [2.24, 2.45) is 13.0 Å². The first-order valence-corrected chi connectivity index (χ1v) is 16.4. The second-order valence-electron chi connectivity index (χ2n) is 12.0. The number of anilines is 3. The maximum absolute atomic E-state index is 13.2. The van der Waals surface area contributed by atoms with Gasteiger partial charge in [0.2, 0.25) is 0 Å². The van der Waals surface area contributed by atoms with Gasteiger partial charge in [0.15, 0.2) is 0 Å². The average Bonchev–Trinajstić information content (AvgIpc) is 3.50. The highest BCUT2D eigenvalue weighted by atomic mass is 32.1. The molecule has 2 aliphatic rings. The average molecular weight is 626 g/mol. The molecule has 3 aromatic heterocycles. The van der Waals surface area contributed by atoms with Crippen LogP contribution in [-0.4, -0.2) is 53.1 Å². The molecule has 0 unspecified atom stereocenters. The zero-order valence-electron chi connectivity index (χ0n) is 26.0. The molecular weight excluding hydrogens is 586 g/mol. The summed E-state index contributed by atoms with van der Waals surface area (Å²) in [6.45, 7) is 4.11. The number of thiophene rings is 1. The van der Waals surface area contributed by atoms with Crippen molar-refractivity contribution in [1.82, 2.24) is 14.5 Å². The van der Waals surface area contributed by atoms with E-state index in [1.807, 2.05) is 36.1 Å². The van der Waals surface area contributed by atoms with Gasteiger partial charge in [-0.15, -0.1) is 11.3 Å². The first kappa shape index (κ1) is 30.7. The van der Waals surface area contributed by atoms with Crippen molar-refractivity contribution in [2.75, 3.05) is 37.4 Å². The molecule has 0 spiro atoms. The van der Waals surface area contributed by atoms with E-state index in [-0.39, 0.29) is 17.4 Å². The number of piperidine rings is 1.